The van der Waals surface area contributed by atoms with Crippen LogP contribution in [0.5, 0.6) is 0 Å². The minimum absolute atomic E-state index is 0. The van der Waals surface area contributed by atoms with Crippen molar-refractivity contribution in [3.8, 4) is 0 Å². The summed E-state index contributed by atoms with van der Waals surface area (Å²) < 4.78 is 5.58. The zero-order valence-corrected chi connectivity index (χ0v) is 12.4. The van der Waals surface area contributed by atoms with Crippen molar-refractivity contribution in [2.75, 3.05) is 39.3 Å². The van der Waals surface area contributed by atoms with Crippen molar-refractivity contribution in [3.05, 3.63) is 0 Å². The summed E-state index contributed by atoms with van der Waals surface area (Å²) in [6.07, 6.45) is 3.05. The summed E-state index contributed by atoms with van der Waals surface area (Å²) in [6, 6.07) is 0. The molecule has 104 valence electrons. The number of nitrogens with zero attached hydrogens (tertiary/aromatic N) is 1. The molecule has 1 heterocycles. The summed E-state index contributed by atoms with van der Waals surface area (Å²) in [6.45, 7) is 13.2. The fourth-order valence-corrected chi connectivity index (χ4v) is 2.18. The monoisotopic (exact) mass is 264 g/mol. The predicted molar refractivity (Wildman–Crippen MR) is 76.0 cm³/mol. The Bertz CT molecular complexity index is 171. The van der Waals surface area contributed by atoms with E-state index in [1.165, 1.54) is 32.5 Å². The first kappa shape index (κ1) is 17.2. The van der Waals surface area contributed by atoms with Gasteiger partial charge in [0.05, 0.1) is 12.7 Å². The van der Waals surface area contributed by atoms with E-state index in [9.17, 15) is 0 Å². The normalized spacial score (nSPS) is 18.4. The smallest absolute Gasteiger partial charge is 0.0596 e. The number of ether oxygens (including phenoxy) is 1. The van der Waals surface area contributed by atoms with Gasteiger partial charge in [0.2, 0.25) is 0 Å². The van der Waals surface area contributed by atoms with Gasteiger partial charge in [0.25, 0.3) is 0 Å². The summed E-state index contributed by atoms with van der Waals surface area (Å²) in [5.41, 5.74) is 0. The lowest BCUT2D eigenvalue weighted by Crippen LogP contribution is -2.39. The Labute approximate surface area is 113 Å². The Morgan fingerprint density at radius 2 is 1.94 bits per heavy atom. The van der Waals surface area contributed by atoms with E-state index in [1.54, 1.807) is 0 Å². The molecule has 1 aliphatic heterocycles. The van der Waals surface area contributed by atoms with Gasteiger partial charge < -0.3 is 15.0 Å². The predicted octanol–water partition coefficient (Wildman–Crippen LogP) is 2.15. The summed E-state index contributed by atoms with van der Waals surface area (Å²) in [5.74, 6) is 0.891. The molecule has 0 amide bonds. The first-order chi connectivity index (χ1) is 7.72. The van der Waals surface area contributed by atoms with Crippen molar-refractivity contribution >= 4 is 12.4 Å². The van der Waals surface area contributed by atoms with E-state index in [4.69, 9.17) is 4.74 Å². The maximum atomic E-state index is 5.58. The Morgan fingerprint density at radius 1 is 1.29 bits per heavy atom. The van der Waals surface area contributed by atoms with E-state index in [-0.39, 0.29) is 12.4 Å². The van der Waals surface area contributed by atoms with E-state index in [2.05, 4.69) is 31.0 Å². The molecule has 0 aromatic rings. The van der Waals surface area contributed by atoms with Crippen molar-refractivity contribution in [2.24, 2.45) is 5.92 Å². The number of hydrogen-bond donors (Lipinski definition) is 1. The van der Waals surface area contributed by atoms with Crippen LogP contribution < -0.4 is 5.32 Å². The third-order valence-electron chi connectivity index (χ3n) is 3.25. The number of likely N-dealkylation sites (tertiary alicyclic amines) is 1. The molecule has 0 atom stereocenters. The average Bonchev–Trinajstić information content (AvgIpc) is 2.27. The number of piperidine rings is 1. The molecule has 3 nitrogen and oxygen atoms in total. The molecular formula is C13H29ClN2O. The molecule has 1 aliphatic rings. The van der Waals surface area contributed by atoms with E-state index in [0.717, 1.165) is 25.6 Å². The lowest BCUT2D eigenvalue weighted by atomic mass is 9.97. The summed E-state index contributed by atoms with van der Waals surface area (Å²) in [7, 11) is 0. The molecular weight excluding hydrogens is 236 g/mol. The molecule has 0 unspecified atom stereocenters. The van der Waals surface area contributed by atoms with Crippen LogP contribution in [0.15, 0.2) is 0 Å². The van der Waals surface area contributed by atoms with Crippen molar-refractivity contribution in [2.45, 2.75) is 39.7 Å². The number of hydrogen-bond acceptors (Lipinski definition) is 3. The van der Waals surface area contributed by atoms with Crippen LogP contribution in [-0.2, 0) is 4.74 Å². The standard InChI is InChI=1S/C13H28N2O.ClH/c1-4-14-11-13-5-7-15(8-6-13)9-10-16-12(2)3;/h12-14H,4-11H2,1-3H3;1H. The van der Waals surface area contributed by atoms with Gasteiger partial charge in [-0.2, -0.15) is 0 Å². The highest BCUT2D eigenvalue weighted by atomic mass is 35.5. The van der Waals surface area contributed by atoms with Crippen LogP contribution in [-0.4, -0.2) is 50.3 Å². The Hall–Kier alpha value is 0.170. The Kier molecular flexibility index (Phi) is 10.2. The molecule has 0 spiro atoms. The second kappa shape index (κ2) is 10.1. The lowest BCUT2D eigenvalue weighted by Gasteiger charge is -2.32. The molecule has 0 aromatic carbocycles. The van der Waals surface area contributed by atoms with E-state index in [1.807, 2.05) is 0 Å². The van der Waals surface area contributed by atoms with Gasteiger partial charge in [-0.3, -0.25) is 0 Å². The average molecular weight is 265 g/mol. The van der Waals surface area contributed by atoms with Gasteiger partial charge in [-0.25, -0.2) is 0 Å². The van der Waals surface area contributed by atoms with Crippen molar-refractivity contribution < 1.29 is 4.74 Å². The van der Waals surface area contributed by atoms with Gasteiger partial charge in [-0.15, -0.1) is 12.4 Å². The van der Waals surface area contributed by atoms with Gasteiger partial charge in [0, 0.05) is 6.54 Å². The van der Waals surface area contributed by atoms with Gasteiger partial charge in [0.1, 0.15) is 0 Å². The van der Waals surface area contributed by atoms with Crippen molar-refractivity contribution in [1.82, 2.24) is 10.2 Å². The van der Waals surface area contributed by atoms with E-state index in [0.29, 0.717) is 6.10 Å². The first-order valence-corrected chi connectivity index (χ1v) is 6.77. The highest BCUT2D eigenvalue weighted by Gasteiger charge is 2.18. The van der Waals surface area contributed by atoms with Crippen LogP contribution in [0, 0.1) is 5.92 Å². The van der Waals surface area contributed by atoms with Crippen LogP contribution >= 0.6 is 12.4 Å². The van der Waals surface area contributed by atoms with Gasteiger partial charge in [-0.05, 0) is 58.8 Å². The fourth-order valence-electron chi connectivity index (χ4n) is 2.18. The van der Waals surface area contributed by atoms with Crippen LogP contribution in [0.25, 0.3) is 0 Å². The zero-order chi connectivity index (χ0) is 11.8. The molecule has 0 bridgehead atoms. The topological polar surface area (TPSA) is 24.5 Å². The lowest BCUT2D eigenvalue weighted by molar-refractivity contribution is 0.0508. The number of nitrogens with one attached hydrogen (secondary N) is 1. The molecule has 4 heteroatoms. The van der Waals surface area contributed by atoms with Crippen LogP contribution in [0.3, 0.4) is 0 Å². The van der Waals surface area contributed by atoms with Crippen molar-refractivity contribution in [3.63, 3.8) is 0 Å². The Morgan fingerprint density at radius 3 is 2.47 bits per heavy atom. The second-order valence-corrected chi connectivity index (χ2v) is 5.01. The highest BCUT2D eigenvalue weighted by molar-refractivity contribution is 5.85. The van der Waals surface area contributed by atoms with Gasteiger partial charge in [0.15, 0.2) is 0 Å². The molecule has 1 rings (SSSR count). The molecule has 0 radical (unpaired) electrons. The first-order valence-electron chi connectivity index (χ1n) is 6.77. The van der Waals surface area contributed by atoms with Crippen molar-refractivity contribution in [1.29, 1.82) is 0 Å². The minimum atomic E-state index is 0. The minimum Gasteiger partial charge on any atom is -0.377 e. The molecule has 1 fully saturated rings. The molecule has 1 N–H and O–H groups in total. The molecule has 0 saturated carbocycles. The van der Waals surface area contributed by atoms with Gasteiger partial charge in [-0.1, -0.05) is 6.92 Å². The number of halogens is 1. The SMILES string of the molecule is CCNCC1CCN(CCOC(C)C)CC1.Cl. The second-order valence-electron chi connectivity index (χ2n) is 5.01. The largest absolute Gasteiger partial charge is 0.377 e. The number of rotatable bonds is 7. The van der Waals surface area contributed by atoms with Crippen LogP contribution in [0.4, 0.5) is 0 Å². The van der Waals surface area contributed by atoms with Crippen LogP contribution in [0.2, 0.25) is 0 Å². The van der Waals surface area contributed by atoms with Gasteiger partial charge >= 0.3 is 0 Å². The summed E-state index contributed by atoms with van der Waals surface area (Å²) in [5, 5.41) is 3.45. The summed E-state index contributed by atoms with van der Waals surface area (Å²) >= 11 is 0. The van der Waals surface area contributed by atoms with E-state index < -0.39 is 0 Å². The third-order valence-corrected chi connectivity index (χ3v) is 3.25. The highest BCUT2D eigenvalue weighted by Crippen LogP contribution is 2.15. The molecule has 0 aliphatic carbocycles. The zero-order valence-electron chi connectivity index (χ0n) is 11.6. The van der Waals surface area contributed by atoms with E-state index >= 15 is 0 Å². The maximum absolute atomic E-state index is 5.58. The fraction of sp³-hybridized carbons (Fsp3) is 1.00. The quantitative estimate of drug-likeness (QED) is 0.763. The Balaban J connectivity index is 0.00000256. The third kappa shape index (κ3) is 7.98. The summed E-state index contributed by atoms with van der Waals surface area (Å²) in [4.78, 5) is 2.53. The molecule has 0 aromatic heterocycles. The molecule has 1 saturated heterocycles. The van der Waals surface area contributed by atoms with Crippen LogP contribution in [0.1, 0.15) is 33.6 Å². The maximum Gasteiger partial charge on any atom is 0.0596 e. The molecule has 17 heavy (non-hydrogen) atoms.